The lowest BCUT2D eigenvalue weighted by molar-refractivity contribution is -0.114. The largest absolute Gasteiger partial charge is 0.383 e. The van der Waals surface area contributed by atoms with Crippen LogP contribution < -0.4 is 15.5 Å². The van der Waals surface area contributed by atoms with Gasteiger partial charge in [0.2, 0.25) is 5.91 Å². The quantitative estimate of drug-likeness (QED) is 0.384. The molecule has 1 fully saturated rings. The lowest BCUT2D eigenvalue weighted by atomic mass is 10.2. The van der Waals surface area contributed by atoms with Crippen molar-refractivity contribution in [2.75, 3.05) is 62.0 Å². The van der Waals surface area contributed by atoms with E-state index in [-0.39, 0.29) is 5.91 Å². The van der Waals surface area contributed by atoms with Gasteiger partial charge in [-0.1, -0.05) is 0 Å². The van der Waals surface area contributed by atoms with Gasteiger partial charge < -0.3 is 20.3 Å². The summed E-state index contributed by atoms with van der Waals surface area (Å²) in [6.07, 6.45) is 0. The molecule has 0 bridgehead atoms. The molecule has 35 heavy (non-hydrogen) atoms. The number of aryl methyl sites for hydroxylation is 1. The van der Waals surface area contributed by atoms with Gasteiger partial charge in [0.25, 0.3) is 0 Å². The Hall–Kier alpha value is -3.15. The molecule has 10 nitrogen and oxygen atoms in total. The maximum absolute atomic E-state index is 11.3. The van der Waals surface area contributed by atoms with Gasteiger partial charge >= 0.3 is 0 Å². The molecule has 1 aromatic carbocycles. The molecule has 0 atom stereocenters. The van der Waals surface area contributed by atoms with Gasteiger partial charge in [0.05, 0.1) is 6.61 Å². The van der Waals surface area contributed by atoms with Crippen molar-refractivity contribution in [3.63, 3.8) is 0 Å². The van der Waals surface area contributed by atoms with Crippen LogP contribution in [0.2, 0.25) is 0 Å². The summed E-state index contributed by atoms with van der Waals surface area (Å²) in [5, 5.41) is 14.1. The number of aromatic amines is 1. The predicted octanol–water partition coefficient (Wildman–Crippen LogP) is 3.44. The van der Waals surface area contributed by atoms with Gasteiger partial charge in [-0.25, -0.2) is 9.97 Å². The third-order valence-electron chi connectivity index (χ3n) is 5.72. The van der Waals surface area contributed by atoms with E-state index in [1.165, 1.54) is 18.7 Å². The van der Waals surface area contributed by atoms with E-state index in [0.717, 1.165) is 78.6 Å². The number of carbonyl (C=O) groups is 1. The molecule has 0 unspecified atom stereocenters. The summed E-state index contributed by atoms with van der Waals surface area (Å²) >= 11 is 1.49. The minimum absolute atomic E-state index is 0.0939. The molecule has 11 heteroatoms. The summed E-state index contributed by atoms with van der Waals surface area (Å²) in [6.45, 7) is 10.9. The van der Waals surface area contributed by atoms with Crippen LogP contribution in [-0.4, -0.2) is 77.4 Å². The van der Waals surface area contributed by atoms with Crippen LogP contribution in [-0.2, 0) is 9.53 Å². The van der Waals surface area contributed by atoms with E-state index in [0.29, 0.717) is 5.16 Å². The van der Waals surface area contributed by atoms with Crippen LogP contribution in [0, 0.1) is 13.8 Å². The molecular formula is C24H32N8O2S. The molecule has 1 aliphatic rings. The van der Waals surface area contributed by atoms with Gasteiger partial charge in [0.1, 0.15) is 11.6 Å². The Morgan fingerprint density at radius 3 is 2.51 bits per heavy atom. The summed E-state index contributed by atoms with van der Waals surface area (Å²) in [7, 11) is 1.74. The van der Waals surface area contributed by atoms with Gasteiger partial charge in [-0.3, -0.25) is 14.8 Å². The number of anilines is 4. The number of methoxy groups -OCH3 is 1. The fraction of sp³-hybridized carbons (Fsp3) is 0.417. The molecule has 0 radical (unpaired) electrons. The zero-order valence-corrected chi connectivity index (χ0v) is 21.4. The van der Waals surface area contributed by atoms with Crippen molar-refractivity contribution in [1.82, 2.24) is 25.1 Å². The standard InChI is InChI=1S/C24H32N8O2S/c1-16-15-21(30-29-16)26-22-17(2)23(32-11-9-31(10-12-32)13-14-34-4)28-24(27-22)35-20-7-5-19(6-8-20)25-18(3)33/h5-8,15H,9-14H2,1-4H3,(H,25,33)(H2,26,27,28,29,30). The number of nitrogens with zero attached hydrogens (tertiary/aromatic N) is 5. The number of rotatable bonds is 9. The lowest BCUT2D eigenvalue weighted by Crippen LogP contribution is -2.47. The van der Waals surface area contributed by atoms with E-state index in [1.54, 1.807) is 7.11 Å². The van der Waals surface area contributed by atoms with Crippen molar-refractivity contribution in [2.45, 2.75) is 30.8 Å². The number of ether oxygens (including phenoxy) is 1. The minimum Gasteiger partial charge on any atom is -0.383 e. The number of benzene rings is 1. The predicted molar refractivity (Wildman–Crippen MR) is 139 cm³/mol. The molecule has 186 valence electrons. The molecule has 0 aliphatic carbocycles. The van der Waals surface area contributed by atoms with Crippen LogP contribution in [0.25, 0.3) is 0 Å². The highest BCUT2D eigenvalue weighted by molar-refractivity contribution is 7.99. The van der Waals surface area contributed by atoms with Crippen molar-refractivity contribution >= 4 is 40.8 Å². The van der Waals surface area contributed by atoms with Crippen LogP contribution in [0.15, 0.2) is 40.4 Å². The number of amides is 1. The van der Waals surface area contributed by atoms with Gasteiger partial charge in [-0.15, -0.1) is 0 Å². The highest BCUT2D eigenvalue weighted by Crippen LogP contribution is 2.33. The zero-order valence-electron chi connectivity index (χ0n) is 20.6. The van der Waals surface area contributed by atoms with Crippen LogP contribution in [0.4, 0.5) is 23.1 Å². The molecule has 0 spiro atoms. The highest BCUT2D eigenvalue weighted by Gasteiger charge is 2.22. The lowest BCUT2D eigenvalue weighted by Gasteiger charge is -2.36. The monoisotopic (exact) mass is 496 g/mol. The Morgan fingerprint density at radius 2 is 1.89 bits per heavy atom. The summed E-state index contributed by atoms with van der Waals surface area (Å²) in [5.41, 5.74) is 2.72. The summed E-state index contributed by atoms with van der Waals surface area (Å²) in [4.78, 5) is 26.8. The summed E-state index contributed by atoms with van der Waals surface area (Å²) < 4.78 is 5.23. The van der Waals surface area contributed by atoms with Gasteiger partial charge in [0, 0.05) is 74.7 Å². The van der Waals surface area contributed by atoms with E-state index in [2.05, 4.69) is 30.6 Å². The number of aromatic nitrogens is 4. The molecule has 3 heterocycles. The SMILES string of the molecule is COCCN1CCN(c2nc(Sc3ccc(NC(C)=O)cc3)nc(Nc3cc(C)[nH]n3)c2C)CC1. The highest BCUT2D eigenvalue weighted by atomic mass is 32.2. The molecule has 1 aliphatic heterocycles. The fourth-order valence-electron chi connectivity index (χ4n) is 3.88. The minimum atomic E-state index is -0.0939. The van der Waals surface area contributed by atoms with Crippen LogP contribution in [0.3, 0.4) is 0 Å². The van der Waals surface area contributed by atoms with Crippen molar-refractivity contribution < 1.29 is 9.53 Å². The first-order valence-corrected chi connectivity index (χ1v) is 12.4. The number of H-pyrrole nitrogens is 1. The number of carbonyl (C=O) groups excluding carboxylic acids is 1. The molecule has 2 aromatic heterocycles. The molecule has 3 aromatic rings. The van der Waals surface area contributed by atoms with Crippen molar-refractivity contribution in [2.24, 2.45) is 0 Å². The average molecular weight is 497 g/mol. The molecule has 1 amide bonds. The van der Waals surface area contributed by atoms with E-state index in [9.17, 15) is 4.79 Å². The van der Waals surface area contributed by atoms with Crippen LogP contribution in [0.5, 0.6) is 0 Å². The Balaban J connectivity index is 1.58. The molecular weight excluding hydrogens is 464 g/mol. The number of hydrogen-bond acceptors (Lipinski definition) is 9. The molecule has 3 N–H and O–H groups in total. The van der Waals surface area contributed by atoms with Crippen molar-refractivity contribution in [1.29, 1.82) is 0 Å². The Kier molecular flexibility index (Phi) is 8.21. The van der Waals surface area contributed by atoms with E-state index >= 15 is 0 Å². The third kappa shape index (κ3) is 6.71. The number of hydrogen-bond donors (Lipinski definition) is 3. The summed E-state index contributed by atoms with van der Waals surface area (Å²) in [5.74, 6) is 2.29. The molecule has 0 saturated carbocycles. The maximum Gasteiger partial charge on any atom is 0.221 e. The first kappa shape index (κ1) is 25.0. The van der Waals surface area contributed by atoms with Gasteiger partial charge in [-0.05, 0) is 49.9 Å². The van der Waals surface area contributed by atoms with Gasteiger partial charge in [0.15, 0.2) is 11.0 Å². The normalized spacial score (nSPS) is 14.2. The van der Waals surface area contributed by atoms with E-state index in [4.69, 9.17) is 14.7 Å². The zero-order chi connectivity index (χ0) is 24.8. The van der Waals surface area contributed by atoms with Crippen LogP contribution in [0.1, 0.15) is 18.2 Å². The Labute approximate surface area is 209 Å². The maximum atomic E-state index is 11.3. The van der Waals surface area contributed by atoms with Crippen molar-refractivity contribution in [3.05, 3.63) is 41.6 Å². The van der Waals surface area contributed by atoms with Crippen LogP contribution >= 0.6 is 11.8 Å². The molecule has 4 rings (SSSR count). The second-order valence-electron chi connectivity index (χ2n) is 8.49. The second kappa shape index (κ2) is 11.5. The average Bonchev–Trinajstić information content (AvgIpc) is 3.25. The smallest absolute Gasteiger partial charge is 0.221 e. The topological polar surface area (TPSA) is 111 Å². The Bertz CT molecular complexity index is 1140. The van der Waals surface area contributed by atoms with E-state index in [1.807, 2.05) is 44.2 Å². The second-order valence-corrected chi connectivity index (χ2v) is 9.53. The van der Waals surface area contributed by atoms with Gasteiger partial charge in [-0.2, -0.15) is 5.10 Å². The fourth-order valence-corrected chi connectivity index (χ4v) is 4.63. The Morgan fingerprint density at radius 1 is 1.14 bits per heavy atom. The number of piperazine rings is 1. The number of nitrogens with one attached hydrogen (secondary N) is 3. The van der Waals surface area contributed by atoms with E-state index < -0.39 is 0 Å². The summed E-state index contributed by atoms with van der Waals surface area (Å²) in [6, 6.07) is 9.62. The van der Waals surface area contributed by atoms with Crippen molar-refractivity contribution in [3.8, 4) is 0 Å². The third-order valence-corrected chi connectivity index (χ3v) is 6.59. The molecule has 1 saturated heterocycles. The first-order chi connectivity index (χ1) is 16.9. The first-order valence-electron chi connectivity index (χ1n) is 11.6.